The van der Waals surface area contributed by atoms with E-state index < -0.39 is 0 Å². The van der Waals surface area contributed by atoms with Gasteiger partial charge in [-0.05, 0) is 32.2 Å². The van der Waals surface area contributed by atoms with Crippen LogP contribution >= 0.6 is 0 Å². The maximum Gasteiger partial charge on any atom is 0.0666 e. The molecule has 0 aromatic carbocycles. The predicted octanol–water partition coefficient (Wildman–Crippen LogP) is 1.15. The molecule has 1 aliphatic rings. The summed E-state index contributed by atoms with van der Waals surface area (Å²) in [5.74, 6) is 0.826. The van der Waals surface area contributed by atoms with E-state index in [-0.39, 0.29) is 0 Å². The fourth-order valence-corrected chi connectivity index (χ4v) is 2.61. The molecule has 0 amide bonds. The van der Waals surface area contributed by atoms with Gasteiger partial charge < -0.3 is 5.73 Å². The van der Waals surface area contributed by atoms with Crippen LogP contribution in [0.2, 0.25) is 0 Å². The Hall–Kier alpha value is -0.870. The van der Waals surface area contributed by atoms with Gasteiger partial charge in [-0.3, -0.25) is 9.58 Å². The minimum atomic E-state index is 0.542. The summed E-state index contributed by atoms with van der Waals surface area (Å²) in [7, 11) is 4.17. The Kier molecular flexibility index (Phi) is 3.84. The smallest absolute Gasteiger partial charge is 0.0666 e. The van der Waals surface area contributed by atoms with Crippen molar-refractivity contribution >= 4 is 0 Å². The predicted molar refractivity (Wildman–Crippen MR) is 69.6 cm³/mol. The highest BCUT2D eigenvalue weighted by Gasteiger charge is 2.32. The second kappa shape index (κ2) is 5.19. The number of likely N-dealkylation sites (N-methyl/N-ethyl adjacent to an activating group) is 1. The van der Waals surface area contributed by atoms with Crippen molar-refractivity contribution in [2.75, 3.05) is 13.6 Å². The molecule has 1 heterocycles. The fraction of sp³-hybridized carbons (Fsp3) is 0.769. The summed E-state index contributed by atoms with van der Waals surface area (Å²) >= 11 is 0. The first-order chi connectivity index (χ1) is 8.15. The zero-order valence-electron chi connectivity index (χ0n) is 11.2. The summed E-state index contributed by atoms with van der Waals surface area (Å²) < 4.78 is 1.91. The van der Waals surface area contributed by atoms with E-state index in [0.29, 0.717) is 6.04 Å². The van der Waals surface area contributed by atoms with Gasteiger partial charge in [-0.15, -0.1) is 0 Å². The average molecular weight is 236 g/mol. The molecule has 1 aromatic heterocycles. The molecule has 1 aromatic rings. The first-order valence-corrected chi connectivity index (χ1v) is 6.57. The molecule has 4 nitrogen and oxygen atoms in total. The van der Waals surface area contributed by atoms with Crippen molar-refractivity contribution in [2.24, 2.45) is 18.7 Å². The summed E-state index contributed by atoms with van der Waals surface area (Å²) in [6, 6.07) is 0.542. The topological polar surface area (TPSA) is 47.1 Å². The highest BCUT2D eigenvalue weighted by Crippen LogP contribution is 2.35. The average Bonchev–Trinajstić information content (AvgIpc) is 3.04. The maximum absolute atomic E-state index is 5.88. The first kappa shape index (κ1) is 12.6. The number of hydrogen-bond donors (Lipinski definition) is 1. The number of rotatable bonds is 6. The summed E-state index contributed by atoms with van der Waals surface area (Å²) in [5.41, 5.74) is 8.44. The highest BCUT2D eigenvalue weighted by atomic mass is 15.3. The van der Waals surface area contributed by atoms with E-state index in [4.69, 9.17) is 5.73 Å². The molecule has 0 saturated heterocycles. The summed E-state index contributed by atoms with van der Waals surface area (Å²) in [6.07, 6.45) is 5.83. The van der Waals surface area contributed by atoms with Gasteiger partial charge in [0.05, 0.1) is 5.69 Å². The molecule has 1 unspecified atom stereocenters. The molecule has 1 atom stereocenters. The van der Waals surface area contributed by atoms with Crippen LogP contribution in [0.4, 0.5) is 0 Å². The number of aromatic nitrogens is 2. The SMILES string of the molecule is CCc1nn(C)cc1CN(C)C(CN)C1CC1. The second-order valence-electron chi connectivity index (χ2n) is 5.18. The van der Waals surface area contributed by atoms with Crippen LogP contribution in [-0.4, -0.2) is 34.3 Å². The molecule has 17 heavy (non-hydrogen) atoms. The standard InChI is InChI=1S/C13H24N4/c1-4-12-11(9-17(3)15-12)8-16(2)13(7-14)10-5-6-10/h9-10,13H,4-8,14H2,1-3H3. The quantitative estimate of drug-likeness (QED) is 0.806. The van der Waals surface area contributed by atoms with E-state index in [1.165, 1.54) is 24.1 Å². The minimum absolute atomic E-state index is 0.542. The third-order valence-corrected chi connectivity index (χ3v) is 3.72. The zero-order valence-corrected chi connectivity index (χ0v) is 11.2. The van der Waals surface area contributed by atoms with E-state index in [0.717, 1.165) is 25.4 Å². The van der Waals surface area contributed by atoms with Gasteiger partial charge in [0.2, 0.25) is 0 Å². The van der Waals surface area contributed by atoms with Crippen LogP contribution in [-0.2, 0) is 20.0 Å². The van der Waals surface area contributed by atoms with Gasteiger partial charge >= 0.3 is 0 Å². The first-order valence-electron chi connectivity index (χ1n) is 6.57. The second-order valence-corrected chi connectivity index (χ2v) is 5.18. The molecule has 0 spiro atoms. The van der Waals surface area contributed by atoms with Gasteiger partial charge in [-0.1, -0.05) is 6.92 Å². The van der Waals surface area contributed by atoms with Crippen LogP contribution in [0, 0.1) is 5.92 Å². The molecule has 2 N–H and O–H groups in total. The summed E-state index contributed by atoms with van der Waals surface area (Å²) in [4.78, 5) is 2.40. The molecule has 4 heteroatoms. The Morgan fingerprint density at radius 2 is 2.29 bits per heavy atom. The lowest BCUT2D eigenvalue weighted by Crippen LogP contribution is -2.39. The Morgan fingerprint density at radius 3 is 2.82 bits per heavy atom. The molecule has 1 fully saturated rings. The van der Waals surface area contributed by atoms with Crippen molar-refractivity contribution in [1.29, 1.82) is 0 Å². The monoisotopic (exact) mass is 236 g/mol. The highest BCUT2D eigenvalue weighted by molar-refractivity contribution is 5.17. The molecule has 0 radical (unpaired) electrons. The fourth-order valence-electron chi connectivity index (χ4n) is 2.61. The van der Waals surface area contributed by atoms with Gasteiger partial charge in [0.15, 0.2) is 0 Å². The van der Waals surface area contributed by atoms with E-state index in [1.54, 1.807) is 0 Å². The van der Waals surface area contributed by atoms with Crippen LogP contribution in [0.3, 0.4) is 0 Å². The number of aryl methyl sites for hydroxylation is 2. The third kappa shape index (κ3) is 2.87. The minimum Gasteiger partial charge on any atom is -0.329 e. The van der Waals surface area contributed by atoms with E-state index in [9.17, 15) is 0 Å². The number of nitrogens with zero attached hydrogens (tertiary/aromatic N) is 3. The maximum atomic E-state index is 5.88. The van der Waals surface area contributed by atoms with Crippen LogP contribution < -0.4 is 5.73 Å². The van der Waals surface area contributed by atoms with Crippen molar-refractivity contribution < 1.29 is 0 Å². The zero-order chi connectivity index (χ0) is 12.4. The Morgan fingerprint density at radius 1 is 1.59 bits per heavy atom. The molecule has 2 rings (SSSR count). The lowest BCUT2D eigenvalue weighted by atomic mass is 10.1. The van der Waals surface area contributed by atoms with Gasteiger partial charge in [0.25, 0.3) is 0 Å². The molecule has 1 saturated carbocycles. The Labute approximate surface area is 104 Å². The van der Waals surface area contributed by atoms with Gasteiger partial charge in [0.1, 0.15) is 0 Å². The van der Waals surface area contributed by atoms with Crippen LogP contribution in [0.15, 0.2) is 6.20 Å². The van der Waals surface area contributed by atoms with E-state index >= 15 is 0 Å². The molecular formula is C13H24N4. The normalized spacial score (nSPS) is 17.7. The van der Waals surface area contributed by atoms with Gasteiger partial charge in [0, 0.05) is 37.9 Å². The lowest BCUT2D eigenvalue weighted by Gasteiger charge is -2.26. The van der Waals surface area contributed by atoms with E-state index in [1.807, 2.05) is 11.7 Å². The number of hydrogen-bond acceptors (Lipinski definition) is 3. The van der Waals surface area contributed by atoms with Crippen molar-refractivity contribution in [3.05, 3.63) is 17.5 Å². The molecule has 1 aliphatic carbocycles. The lowest BCUT2D eigenvalue weighted by molar-refractivity contribution is 0.215. The summed E-state index contributed by atoms with van der Waals surface area (Å²) in [6.45, 7) is 3.89. The van der Waals surface area contributed by atoms with Gasteiger partial charge in [-0.2, -0.15) is 5.10 Å². The van der Waals surface area contributed by atoms with E-state index in [2.05, 4.69) is 30.2 Å². The van der Waals surface area contributed by atoms with Crippen molar-refractivity contribution in [2.45, 2.75) is 38.8 Å². The van der Waals surface area contributed by atoms with Crippen molar-refractivity contribution in [3.8, 4) is 0 Å². The molecule has 0 bridgehead atoms. The molecule has 96 valence electrons. The van der Waals surface area contributed by atoms with Gasteiger partial charge in [-0.25, -0.2) is 0 Å². The number of nitrogens with two attached hydrogens (primary N) is 1. The van der Waals surface area contributed by atoms with Crippen LogP contribution in [0.5, 0.6) is 0 Å². The van der Waals surface area contributed by atoms with Crippen LogP contribution in [0.1, 0.15) is 31.0 Å². The Bertz CT molecular complexity index is 367. The van der Waals surface area contributed by atoms with Crippen molar-refractivity contribution in [3.63, 3.8) is 0 Å². The largest absolute Gasteiger partial charge is 0.329 e. The third-order valence-electron chi connectivity index (χ3n) is 3.72. The summed E-state index contributed by atoms with van der Waals surface area (Å²) in [5, 5.41) is 4.49. The molecule has 0 aliphatic heterocycles. The Balaban J connectivity index is 2.03. The molecular weight excluding hydrogens is 212 g/mol. The van der Waals surface area contributed by atoms with Crippen LogP contribution in [0.25, 0.3) is 0 Å². The van der Waals surface area contributed by atoms with Crippen molar-refractivity contribution in [1.82, 2.24) is 14.7 Å².